The van der Waals surface area contributed by atoms with Crippen molar-refractivity contribution in [1.29, 1.82) is 0 Å². The van der Waals surface area contributed by atoms with Crippen molar-refractivity contribution in [2.45, 2.75) is 33.0 Å². The van der Waals surface area contributed by atoms with Crippen LogP contribution in [0.15, 0.2) is 22.7 Å². The highest BCUT2D eigenvalue weighted by Gasteiger charge is 2.33. The molecule has 0 aliphatic carbocycles. The molecule has 3 aliphatic heterocycles. The Morgan fingerprint density at radius 1 is 1.18 bits per heavy atom. The number of hydrogen-bond acceptors (Lipinski definition) is 12. The molecule has 3 N–H and O–H groups in total. The standard InChI is InChI=1S/C24H35N9O5/c1-3-18-20(30-6-8-31(9-7-30)22(36)19-21(35)17(2)25-15-27-19)23(37)33(10-12-34)29-24(28-16-26-18)32-5-4-13-38-14-11-32/h12,15-16,24,29,35H,3-11,13-14H2,1-2H3,(H,26,28)/b20-18+. The molecular weight excluding hydrogens is 494 g/mol. The summed E-state index contributed by atoms with van der Waals surface area (Å²) in [6.07, 6.45) is 4.32. The summed E-state index contributed by atoms with van der Waals surface area (Å²) >= 11 is 0. The molecule has 2 fully saturated rings. The maximum Gasteiger partial charge on any atom is 0.286 e. The van der Waals surface area contributed by atoms with Gasteiger partial charge in [0.05, 0.1) is 25.2 Å². The van der Waals surface area contributed by atoms with Gasteiger partial charge < -0.3 is 29.8 Å². The highest BCUT2D eigenvalue weighted by Crippen LogP contribution is 2.22. The number of carbonyl (C=O) groups excluding carboxylic acids is 3. The Morgan fingerprint density at radius 2 is 1.97 bits per heavy atom. The van der Waals surface area contributed by atoms with Gasteiger partial charge in [-0.15, -0.1) is 0 Å². The van der Waals surface area contributed by atoms with Crippen LogP contribution in [0, 0.1) is 6.92 Å². The largest absolute Gasteiger partial charge is 0.504 e. The summed E-state index contributed by atoms with van der Waals surface area (Å²) in [4.78, 5) is 56.5. The summed E-state index contributed by atoms with van der Waals surface area (Å²) in [7, 11) is 0. The monoisotopic (exact) mass is 529 g/mol. The second-order valence-corrected chi connectivity index (χ2v) is 9.13. The van der Waals surface area contributed by atoms with E-state index in [1.807, 2.05) is 11.8 Å². The maximum absolute atomic E-state index is 13.9. The molecule has 0 bridgehead atoms. The third-order valence-electron chi connectivity index (χ3n) is 6.76. The van der Waals surface area contributed by atoms with Gasteiger partial charge in [-0.05, 0) is 19.8 Å². The first kappa shape index (κ1) is 27.4. The number of aromatic hydroxyl groups is 1. The van der Waals surface area contributed by atoms with Crippen LogP contribution in [-0.4, -0.2) is 125 Å². The molecule has 3 aliphatic rings. The van der Waals surface area contributed by atoms with Gasteiger partial charge in [0.1, 0.15) is 18.3 Å². The molecule has 14 nitrogen and oxygen atoms in total. The van der Waals surface area contributed by atoms with E-state index in [4.69, 9.17) is 4.74 Å². The lowest BCUT2D eigenvalue weighted by molar-refractivity contribution is -0.136. The number of aryl methyl sites for hydroxylation is 1. The highest BCUT2D eigenvalue weighted by molar-refractivity contribution is 5.96. The summed E-state index contributed by atoms with van der Waals surface area (Å²) in [5.41, 5.74) is 4.51. The van der Waals surface area contributed by atoms with E-state index in [1.165, 1.54) is 11.3 Å². The number of hydrogen-bond donors (Lipinski definition) is 3. The van der Waals surface area contributed by atoms with Crippen LogP contribution in [0.25, 0.3) is 0 Å². The van der Waals surface area contributed by atoms with E-state index in [2.05, 4.69) is 30.6 Å². The van der Waals surface area contributed by atoms with E-state index in [-0.39, 0.29) is 23.9 Å². The molecule has 1 aromatic heterocycles. The van der Waals surface area contributed by atoms with E-state index >= 15 is 0 Å². The number of rotatable bonds is 6. The molecule has 2 amide bonds. The van der Waals surface area contributed by atoms with Crippen LogP contribution in [0.5, 0.6) is 5.75 Å². The molecule has 4 heterocycles. The van der Waals surface area contributed by atoms with Crippen LogP contribution in [0.3, 0.4) is 0 Å². The number of allylic oxidation sites excluding steroid dienone is 1. The minimum atomic E-state index is -0.552. The summed E-state index contributed by atoms with van der Waals surface area (Å²) in [6.45, 7) is 7.37. The number of aliphatic imine (C=N–C) groups is 1. The van der Waals surface area contributed by atoms with Crippen molar-refractivity contribution in [1.82, 2.24) is 40.4 Å². The van der Waals surface area contributed by atoms with Gasteiger partial charge in [-0.2, -0.15) is 5.43 Å². The number of aldehydes is 1. The fourth-order valence-electron chi connectivity index (χ4n) is 4.64. The molecule has 1 unspecified atom stereocenters. The molecule has 0 saturated carbocycles. The van der Waals surface area contributed by atoms with E-state index in [0.717, 1.165) is 13.0 Å². The second kappa shape index (κ2) is 12.8. The van der Waals surface area contributed by atoms with E-state index in [0.29, 0.717) is 75.7 Å². The molecule has 38 heavy (non-hydrogen) atoms. The lowest BCUT2D eigenvalue weighted by atomic mass is 10.1. The van der Waals surface area contributed by atoms with Crippen molar-refractivity contribution in [3.05, 3.63) is 29.1 Å². The highest BCUT2D eigenvalue weighted by atomic mass is 16.5. The average molecular weight is 530 g/mol. The average Bonchev–Trinajstić information content (AvgIpc) is 3.19. The number of nitrogens with zero attached hydrogens (tertiary/aromatic N) is 7. The summed E-state index contributed by atoms with van der Waals surface area (Å²) in [6, 6.07) is 0. The lowest BCUT2D eigenvalue weighted by Crippen LogP contribution is -2.57. The summed E-state index contributed by atoms with van der Waals surface area (Å²) < 4.78 is 5.55. The Morgan fingerprint density at radius 3 is 2.71 bits per heavy atom. The van der Waals surface area contributed by atoms with Crippen LogP contribution >= 0.6 is 0 Å². The molecule has 4 rings (SSSR count). The van der Waals surface area contributed by atoms with Crippen molar-refractivity contribution in [3.8, 4) is 5.75 Å². The Kier molecular flexibility index (Phi) is 9.20. The SMILES string of the molecule is CC/C1=C(\N2CCN(C(=O)c3ncnc(C)c3O)CC2)C(=O)N(CC=O)NC(N2CCCOCC2)/N=C/N1. The van der Waals surface area contributed by atoms with Gasteiger partial charge in [0.2, 0.25) is 0 Å². The minimum Gasteiger partial charge on any atom is -0.504 e. The van der Waals surface area contributed by atoms with Gasteiger partial charge in [-0.3, -0.25) is 19.5 Å². The summed E-state index contributed by atoms with van der Waals surface area (Å²) in [5, 5.41) is 14.7. The number of piperazine rings is 1. The molecule has 0 spiro atoms. The topological polar surface area (TPSA) is 156 Å². The molecule has 2 saturated heterocycles. The van der Waals surface area contributed by atoms with Crippen LogP contribution in [-0.2, 0) is 14.3 Å². The first-order valence-corrected chi connectivity index (χ1v) is 12.8. The molecule has 0 radical (unpaired) electrons. The van der Waals surface area contributed by atoms with E-state index in [9.17, 15) is 19.5 Å². The normalized spacial score (nSPS) is 24.6. The molecule has 1 atom stereocenters. The lowest BCUT2D eigenvalue weighted by Gasteiger charge is -2.39. The molecule has 0 aromatic carbocycles. The quantitative estimate of drug-likeness (QED) is 0.390. The minimum absolute atomic E-state index is 0.0397. The predicted molar refractivity (Wildman–Crippen MR) is 137 cm³/mol. The second-order valence-electron chi connectivity index (χ2n) is 9.13. The van der Waals surface area contributed by atoms with Crippen LogP contribution in [0.1, 0.15) is 35.9 Å². The fraction of sp³-hybridized carbons (Fsp3) is 0.583. The van der Waals surface area contributed by atoms with Crippen molar-refractivity contribution < 1.29 is 24.2 Å². The third-order valence-corrected chi connectivity index (χ3v) is 6.76. The molecule has 206 valence electrons. The Labute approximate surface area is 221 Å². The van der Waals surface area contributed by atoms with E-state index in [1.54, 1.807) is 18.2 Å². The number of amides is 2. The van der Waals surface area contributed by atoms with Crippen LogP contribution in [0.2, 0.25) is 0 Å². The predicted octanol–water partition coefficient (Wildman–Crippen LogP) is -0.960. The Bertz CT molecular complexity index is 1080. The van der Waals surface area contributed by atoms with Crippen LogP contribution in [0.4, 0.5) is 0 Å². The van der Waals surface area contributed by atoms with Gasteiger partial charge in [-0.25, -0.2) is 15.0 Å². The zero-order valence-electron chi connectivity index (χ0n) is 21.8. The Balaban J connectivity index is 1.52. The molecule has 14 heteroatoms. The first-order chi connectivity index (χ1) is 18.4. The zero-order valence-corrected chi connectivity index (χ0v) is 21.8. The van der Waals surface area contributed by atoms with Gasteiger partial charge >= 0.3 is 0 Å². The molecular formula is C24H35N9O5. The van der Waals surface area contributed by atoms with Gasteiger partial charge in [-0.1, -0.05) is 6.92 Å². The maximum atomic E-state index is 13.9. The number of ether oxygens (including phenoxy) is 1. The number of aromatic nitrogens is 2. The number of carbonyl (C=O) groups is 3. The van der Waals surface area contributed by atoms with E-state index < -0.39 is 12.2 Å². The fourth-order valence-corrected chi connectivity index (χ4v) is 4.64. The van der Waals surface area contributed by atoms with Gasteiger partial charge in [0.15, 0.2) is 17.7 Å². The molecule has 1 aromatic rings. The van der Waals surface area contributed by atoms with Crippen LogP contribution < -0.4 is 10.7 Å². The third kappa shape index (κ3) is 6.09. The van der Waals surface area contributed by atoms with Crippen molar-refractivity contribution >= 4 is 24.4 Å². The van der Waals surface area contributed by atoms with Crippen molar-refractivity contribution in [2.24, 2.45) is 4.99 Å². The van der Waals surface area contributed by atoms with Crippen molar-refractivity contribution in [2.75, 3.05) is 59.0 Å². The van der Waals surface area contributed by atoms with Gasteiger partial charge in [0.25, 0.3) is 11.8 Å². The zero-order chi connectivity index (χ0) is 27.1. The smallest absolute Gasteiger partial charge is 0.286 e. The van der Waals surface area contributed by atoms with Gasteiger partial charge in [0, 0.05) is 51.6 Å². The summed E-state index contributed by atoms with van der Waals surface area (Å²) in [5.74, 6) is -0.976. The first-order valence-electron chi connectivity index (χ1n) is 12.8. The Hall–Kier alpha value is -3.62. The number of nitrogens with one attached hydrogen (secondary N) is 2. The number of hydrazine groups is 1. The van der Waals surface area contributed by atoms with Crippen molar-refractivity contribution in [3.63, 3.8) is 0 Å².